The summed E-state index contributed by atoms with van der Waals surface area (Å²) in [6.07, 6.45) is 6.87. The van der Waals surface area contributed by atoms with Crippen LogP contribution in [0.15, 0.2) is 35.5 Å². The SMILES string of the molecule is COC1=C2O[C@H]3C(=O)C=C[C@H]4[C@H]5CC(C(O)=C1)C2[C@@]34CCN5C. The molecule has 1 N–H and O–H groups in total. The Bertz CT molecular complexity index is 693. The Balaban J connectivity index is 1.76. The lowest BCUT2D eigenvalue weighted by Crippen LogP contribution is -2.64. The lowest BCUT2D eigenvalue weighted by molar-refractivity contribution is -0.142. The Morgan fingerprint density at radius 2 is 2.30 bits per heavy atom. The molecule has 0 aromatic rings. The van der Waals surface area contributed by atoms with Crippen LogP contribution in [0.4, 0.5) is 0 Å². The van der Waals surface area contributed by atoms with E-state index in [1.54, 1.807) is 19.3 Å². The average Bonchev–Trinajstić information content (AvgIpc) is 2.89. The molecule has 3 aliphatic carbocycles. The van der Waals surface area contributed by atoms with Gasteiger partial charge in [0, 0.05) is 35.3 Å². The number of methoxy groups -OCH3 is 1. The third-order valence-corrected chi connectivity index (χ3v) is 6.84. The molecule has 5 aliphatic rings. The predicted octanol–water partition coefficient (Wildman–Crippen LogP) is 1.78. The number of carbonyl (C=O) groups is 1. The van der Waals surface area contributed by atoms with Gasteiger partial charge in [-0.1, -0.05) is 6.08 Å². The molecule has 2 bridgehead atoms. The number of hydrogen-bond acceptors (Lipinski definition) is 5. The molecule has 1 spiro atoms. The van der Waals surface area contributed by atoms with E-state index in [9.17, 15) is 9.90 Å². The Morgan fingerprint density at radius 3 is 3.09 bits per heavy atom. The van der Waals surface area contributed by atoms with Crippen molar-refractivity contribution in [2.24, 2.45) is 23.2 Å². The number of aliphatic hydroxyl groups excluding tert-OH is 1. The first-order chi connectivity index (χ1) is 11.1. The minimum atomic E-state index is -0.430. The van der Waals surface area contributed by atoms with Crippen LogP contribution < -0.4 is 0 Å². The van der Waals surface area contributed by atoms with Crippen LogP contribution in [0.25, 0.3) is 0 Å². The number of nitrogens with zero attached hydrogens (tertiary/aromatic N) is 1. The molecule has 0 aromatic carbocycles. The van der Waals surface area contributed by atoms with Crippen LogP contribution in [0.5, 0.6) is 0 Å². The van der Waals surface area contributed by atoms with Crippen LogP contribution in [0, 0.1) is 23.2 Å². The van der Waals surface area contributed by atoms with E-state index in [0.717, 1.165) is 25.1 Å². The fourth-order valence-electron chi connectivity index (χ4n) is 5.89. The van der Waals surface area contributed by atoms with E-state index in [1.165, 1.54) is 0 Å². The highest BCUT2D eigenvalue weighted by atomic mass is 16.5. The van der Waals surface area contributed by atoms with Crippen LogP contribution in [0.3, 0.4) is 0 Å². The number of rotatable bonds is 1. The largest absolute Gasteiger partial charge is 0.512 e. The first-order valence-corrected chi connectivity index (χ1v) is 8.35. The van der Waals surface area contributed by atoms with Gasteiger partial charge < -0.3 is 19.5 Å². The summed E-state index contributed by atoms with van der Waals surface area (Å²) in [7, 11) is 3.74. The number of piperidine rings is 1. The van der Waals surface area contributed by atoms with Crippen LogP contribution in [-0.4, -0.2) is 48.6 Å². The van der Waals surface area contributed by atoms with Crippen molar-refractivity contribution in [3.8, 4) is 0 Å². The molecule has 122 valence electrons. The second-order valence-electron chi connectivity index (χ2n) is 7.52. The molecule has 3 fully saturated rings. The zero-order valence-electron chi connectivity index (χ0n) is 13.4. The lowest BCUT2D eigenvalue weighted by Gasteiger charge is -2.59. The van der Waals surface area contributed by atoms with Crippen LogP contribution in [0.1, 0.15) is 12.8 Å². The Hall–Kier alpha value is -1.75. The molecule has 5 heteroatoms. The number of allylic oxidation sites excluding steroid dienone is 3. The molecule has 5 rings (SSSR count). The molecule has 5 nitrogen and oxygen atoms in total. The summed E-state index contributed by atoms with van der Waals surface area (Å²) in [6.45, 7) is 0.964. The van der Waals surface area contributed by atoms with Gasteiger partial charge >= 0.3 is 0 Å². The van der Waals surface area contributed by atoms with E-state index in [4.69, 9.17) is 9.47 Å². The molecule has 2 saturated heterocycles. The van der Waals surface area contributed by atoms with Crippen LogP contribution >= 0.6 is 0 Å². The van der Waals surface area contributed by atoms with E-state index < -0.39 is 6.10 Å². The molecule has 1 saturated carbocycles. The highest BCUT2D eigenvalue weighted by molar-refractivity contribution is 5.96. The molecule has 0 amide bonds. The van der Waals surface area contributed by atoms with E-state index in [0.29, 0.717) is 23.5 Å². The molecule has 2 unspecified atom stereocenters. The zero-order chi connectivity index (χ0) is 15.9. The second kappa shape index (κ2) is 4.20. The summed E-state index contributed by atoms with van der Waals surface area (Å²) in [5, 5.41) is 10.6. The highest BCUT2D eigenvalue weighted by Crippen LogP contribution is 2.67. The topological polar surface area (TPSA) is 59.0 Å². The second-order valence-corrected chi connectivity index (χ2v) is 7.52. The minimum Gasteiger partial charge on any atom is -0.512 e. The molecule has 23 heavy (non-hydrogen) atoms. The monoisotopic (exact) mass is 315 g/mol. The Kier molecular flexibility index (Phi) is 2.50. The van der Waals surface area contributed by atoms with Crippen LogP contribution in [0.2, 0.25) is 0 Å². The fraction of sp³-hybridized carbons (Fsp3) is 0.611. The van der Waals surface area contributed by atoms with Gasteiger partial charge in [0.25, 0.3) is 0 Å². The molecule has 2 heterocycles. The molecule has 6 atom stereocenters. The zero-order valence-corrected chi connectivity index (χ0v) is 13.4. The van der Waals surface area contributed by atoms with Crippen molar-refractivity contribution in [2.75, 3.05) is 20.7 Å². The van der Waals surface area contributed by atoms with Crippen molar-refractivity contribution in [1.82, 2.24) is 4.90 Å². The molecule has 0 aromatic heterocycles. The van der Waals surface area contributed by atoms with Gasteiger partial charge in [-0.15, -0.1) is 0 Å². The number of hydrogen-bond donors (Lipinski definition) is 1. The third kappa shape index (κ3) is 1.41. The van der Waals surface area contributed by atoms with E-state index in [2.05, 4.69) is 18.0 Å². The van der Waals surface area contributed by atoms with E-state index >= 15 is 0 Å². The van der Waals surface area contributed by atoms with Gasteiger partial charge in [0.05, 0.1) is 12.9 Å². The van der Waals surface area contributed by atoms with Gasteiger partial charge in [-0.2, -0.15) is 0 Å². The summed E-state index contributed by atoms with van der Waals surface area (Å²) in [5.74, 6) is 2.17. The number of carbonyl (C=O) groups excluding carboxylic acids is 1. The Morgan fingerprint density at radius 1 is 1.48 bits per heavy atom. The maximum Gasteiger partial charge on any atom is 0.196 e. The predicted molar refractivity (Wildman–Crippen MR) is 82.3 cm³/mol. The van der Waals surface area contributed by atoms with Crippen molar-refractivity contribution in [2.45, 2.75) is 25.0 Å². The number of ether oxygens (including phenoxy) is 2. The highest BCUT2D eigenvalue weighted by Gasteiger charge is 2.70. The molecule has 0 radical (unpaired) electrons. The maximum atomic E-state index is 12.6. The average molecular weight is 315 g/mol. The summed E-state index contributed by atoms with van der Waals surface area (Å²) >= 11 is 0. The van der Waals surface area contributed by atoms with Crippen molar-refractivity contribution in [3.63, 3.8) is 0 Å². The van der Waals surface area contributed by atoms with Crippen molar-refractivity contribution < 1.29 is 19.4 Å². The molecular weight excluding hydrogens is 294 g/mol. The van der Waals surface area contributed by atoms with Crippen LogP contribution in [-0.2, 0) is 14.3 Å². The molecular formula is C18H21NO4. The quantitative estimate of drug-likeness (QED) is 0.799. The van der Waals surface area contributed by atoms with Gasteiger partial charge in [0.2, 0.25) is 0 Å². The normalized spacial score (nSPS) is 47.1. The number of likely N-dealkylation sites (tertiary alicyclic amines) is 1. The standard InChI is InChI=1S/C18H21NO4/c1-19-6-5-18-10-3-4-12(20)17(18)23-16-14(22-2)8-13(21)9(15(16)18)7-11(10)19/h3-4,8-11,15,17,21H,5-7H2,1-2H3/t9?,10-,11+,15?,17-,18-/m0/s1. The van der Waals surface area contributed by atoms with Gasteiger partial charge in [0.1, 0.15) is 5.76 Å². The Labute approximate surface area is 135 Å². The summed E-state index contributed by atoms with van der Waals surface area (Å²) in [4.78, 5) is 15.0. The minimum absolute atomic E-state index is 0.0252. The maximum absolute atomic E-state index is 12.6. The van der Waals surface area contributed by atoms with E-state index in [-0.39, 0.29) is 23.0 Å². The van der Waals surface area contributed by atoms with Gasteiger partial charge in [-0.3, -0.25) is 4.79 Å². The van der Waals surface area contributed by atoms with Crippen molar-refractivity contribution >= 4 is 5.78 Å². The third-order valence-electron chi connectivity index (χ3n) is 6.84. The first kappa shape index (κ1) is 13.7. The number of aliphatic hydroxyl groups is 1. The van der Waals surface area contributed by atoms with Crippen molar-refractivity contribution in [1.29, 1.82) is 0 Å². The smallest absolute Gasteiger partial charge is 0.196 e. The summed E-state index contributed by atoms with van der Waals surface area (Å²) in [5.41, 5.74) is -0.229. The first-order valence-electron chi connectivity index (χ1n) is 8.35. The number of ketones is 1. The lowest BCUT2D eigenvalue weighted by atomic mass is 9.47. The summed E-state index contributed by atoms with van der Waals surface area (Å²) < 4.78 is 11.7. The van der Waals surface area contributed by atoms with Crippen molar-refractivity contribution in [3.05, 3.63) is 35.5 Å². The van der Waals surface area contributed by atoms with Gasteiger partial charge in [-0.05, 0) is 32.5 Å². The summed E-state index contributed by atoms with van der Waals surface area (Å²) in [6, 6.07) is 0.347. The van der Waals surface area contributed by atoms with E-state index in [1.807, 2.05) is 0 Å². The fourth-order valence-corrected chi connectivity index (χ4v) is 5.89. The van der Waals surface area contributed by atoms with Gasteiger partial charge in [0.15, 0.2) is 17.6 Å². The molecule has 2 aliphatic heterocycles. The van der Waals surface area contributed by atoms with Gasteiger partial charge in [-0.25, -0.2) is 0 Å².